The molecular formula is C22H22N4O4S. The van der Waals surface area contributed by atoms with Gasteiger partial charge in [0, 0.05) is 33.5 Å². The number of amides is 3. The molecule has 3 amide bonds. The van der Waals surface area contributed by atoms with Gasteiger partial charge in [-0.15, -0.1) is 11.3 Å². The van der Waals surface area contributed by atoms with Crippen LogP contribution in [-0.2, 0) is 16.8 Å². The molecule has 0 bridgehead atoms. The van der Waals surface area contributed by atoms with Gasteiger partial charge in [0.15, 0.2) is 11.6 Å². The largest absolute Gasteiger partial charge is 0.360 e. The zero-order valence-electron chi connectivity index (χ0n) is 17.5. The highest BCUT2D eigenvalue weighted by atomic mass is 32.1. The predicted molar refractivity (Wildman–Crippen MR) is 114 cm³/mol. The Morgan fingerprint density at radius 2 is 2.10 bits per heavy atom. The molecule has 160 valence electrons. The molecule has 3 aromatic heterocycles. The van der Waals surface area contributed by atoms with Crippen molar-refractivity contribution in [2.24, 2.45) is 0 Å². The summed E-state index contributed by atoms with van der Waals surface area (Å²) in [5.74, 6) is 0.626. The van der Waals surface area contributed by atoms with Crippen LogP contribution >= 0.6 is 11.3 Å². The van der Waals surface area contributed by atoms with Crippen LogP contribution in [0.1, 0.15) is 50.8 Å². The molecule has 1 fully saturated rings. The Labute approximate surface area is 182 Å². The van der Waals surface area contributed by atoms with Gasteiger partial charge in [0.25, 0.3) is 5.91 Å². The van der Waals surface area contributed by atoms with Gasteiger partial charge in [-0.1, -0.05) is 5.16 Å². The van der Waals surface area contributed by atoms with Crippen molar-refractivity contribution in [3.05, 3.63) is 56.7 Å². The number of fused-ring (bicyclic) bond motifs is 2. The fraction of sp³-hybridized carbons (Fsp3) is 0.364. The number of rotatable bonds is 4. The van der Waals surface area contributed by atoms with Crippen molar-refractivity contribution < 1.29 is 18.9 Å². The maximum Gasteiger partial charge on any atom is 0.325 e. The Hall–Kier alpha value is -3.20. The molecule has 1 aliphatic carbocycles. The number of Topliss-reactive ketones (excluding diaryl/α,β-unsaturated/α-hetero) is 1. The molecule has 31 heavy (non-hydrogen) atoms. The molecule has 4 heterocycles. The first-order valence-corrected chi connectivity index (χ1v) is 11.1. The van der Waals surface area contributed by atoms with Crippen molar-refractivity contribution in [1.29, 1.82) is 0 Å². The number of aryl methyl sites for hydroxylation is 3. The molecular weight excluding hydrogens is 416 g/mol. The van der Waals surface area contributed by atoms with Gasteiger partial charge in [0.2, 0.25) is 0 Å². The third-order valence-electron chi connectivity index (χ3n) is 6.21. The van der Waals surface area contributed by atoms with E-state index in [1.165, 1.54) is 0 Å². The second kappa shape index (κ2) is 6.91. The van der Waals surface area contributed by atoms with E-state index in [4.69, 9.17) is 4.52 Å². The number of nitrogens with one attached hydrogen (secondary N) is 1. The number of aromatic nitrogens is 2. The van der Waals surface area contributed by atoms with E-state index in [9.17, 15) is 14.4 Å². The number of urea groups is 1. The molecule has 0 radical (unpaired) electrons. The van der Waals surface area contributed by atoms with Crippen LogP contribution in [0.2, 0.25) is 0 Å². The monoisotopic (exact) mass is 438 g/mol. The number of nitrogens with zero attached hydrogens (tertiary/aromatic N) is 3. The van der Waals surface area contributed by atoms with E-state index in [2.05, 4.69) is 10.5 Å². The summed E-state index contributed by atoms with van der Waals surface area (Å²) in [6.07, 6.45) is 2.27. The highest BCUT2D eigenvalue weighted by Crippen LogP contribution is 2.42. The van der Waals surface area contributed by atoms with Crippen LogP contribution in [0.4, 0.5) is 4.79 Å². The van der Waals surface area contributed by atoms with E-state index in [1.807, 2.05) is 29.9 Å². The lowest BCUT2D eigenvalue weighted by Crippen LogP contribution is -2.46. The predicted octanol–water partition coefficient (Wildman–Crippen LogP) is 3.42. The lowest BCUT2D eigenvalue weighted by atomic mass is 9.80. The SMILES string of the molecule is Cc1cc(-n2c(C)cc(C(=O)CN3C(=O)N[C@@]4(CCCc5sccc54)C3=O)c2C)no1. The van der Waals surface area contributed by atoms with Gasteiger partial charge in [-0.3, -0.25) is 19.1 Å². The van der Waals surface area contributed by atoms with E-state index in [1.54, 1.807) is 30.4 Å². The lowest BCUT2D eigenvalue weighted by Gasteiger charge is -2.31. The number of hydrogen-bond donors (Lipinski definition) is 1. The molecule has 0 saturated carbocycles. The third kappa shape index (κ3) is 2.87. The fourth-order valence-electron chi connectivity index (χ4n) is 4.77. The molecule has 1 aliphatic heterocycles. The first-order chi connectivity index (χ1) is 14.8. The van der Waals surface area contributed by atoms with Crippen molar-refractivity contribution in [1.82, 2.24) is 19.9 Å². The molecule has 2 aliphatic rings. The Kier molecular flexibility index (Phi) is 4.40. The molecule has 3 aromatic rings. The number of carbonyl (C=O) groups is 3. The van der Waals surface area contributed by atoms with E-state index in [0.29, 0.717) is 29.3 Å². The Bertz CT molecular complexity index is 1240. The van der Waals surface area contributed by atoms with Gasteiger partial charge in [0.1, 0.15) is 11.3 Å². The van der Waals surface area contributed by atoms with Crippen LogP contribution in [0.3, 0.4) is 0 Å². The second-order valence-electron chi connectivity index (χ2n) is 8.18. The van der Waals surface area contributed by atoms with Crippen LogP contribution in [0.25, 0.3) is 5.82 Å². The fourth-order valence-corrected chi connectivity index (χ4v) is 5.77. The quantitative estimate of drug-likeness (QED) is 0.497. The maximum absolute atomic E-state index is 13.4. The smallest absolute Gasteiger partial charge is 0.325 e. The molecule has 1 atom stereocenters. The first kappa shape index (κ1) is 19.7. The van der Waals surface area contributed by atoms with Crippen molar-refractivity contribution in [2.75, 3.05) is 6.54 Å². The van der Waals surface area contributed by atoms with Crippen LogP contribution in [0, 0.1) is 20.8 Å². The van der Waals surface area contributed by atoms with E-state index in [-0.39, 0.29) is 18.2 Å². The minimum atomic E-state index is -1.04. The molecule has 9 heteroatoms. The zero-order chi connectivity index (χ0) is 21.9. The minimum absolute atomic E-state index is 0.290. The highest BCUT2D eigenvalue weighted by Gasteiger charge is 2.54. The molecule has 1 saturated heterocycles. The van der Waals surface area contributed by atoms with Gasteiger partial charge in [-0.25, -0.2) is 4.79 Å². The molecule has 8 nitrogen and oxygen atoms in total. The molecule has 1 N–H and O–H groups in total. The summed E-state index contributed by atoms with van der Waals surface area (Å²) in [4.78, 5) is 41.5. The van der Waals surface area contributed by atoms with Crippen molar-refractivity contribution in [2.45, 2.75) is 45.6 Å². The summed E-state index contributed by atoms with van der Waals surface area (Å²) in [5, 5.41) is 8.87. The Balaban J connectivity index is 1.43. The number of imide groups is 1. The van der Waals surface area contributed by atoms with E-state index >= 15 is 0 Å². The average molecular weight is 439 g/mol. The summed E-state index contributed by atoms with van der Waals surface area (Å²) >= 11 is 1.60. The van der Waals surface area contributed by atoms with Gasteiger partial charge in [-0.05, 0) is 57.5 Å². The minimum Gasteiger partial charge on any atom is -0.360 e. The van der Waals surface area contributed by atoms with Gasteiger partial charge < -0.3 is 9.84 Å². The summed E-state index contributed by atoms with van der Waals surface area (Å²) in [5.41, 5.74) is 1.80. The second-order valence-corrected chi connectivity index (χ2v) is 9.18. The van der Waals surface area contributed by atoms with Crippen LogP contribution in [-0.4, -0.2) is 38.9 Å². The topological polar surface area (TPSA) is 97.4 Å². The van der Waals surface area contributed by atoms with Crippen LogP contribution < -0.4 is 5.32 Å². The summed E-state index contributed by atoms with van der Waals surface area (Å²) in [6.45, 7) is 5.19. The Morgan fingerprint density at radius 1 is 1.29 bits per heavy atom. The van der Waals surface area contributed by atoms with Gasteiger partial charge in [0.05, 0.1) is 6.54 Å². The summed E-state index contributed by atoms with van der Waals surface area (Å²) in [6, 6.07) is 4.94. The maximum atomic E-state index is 13.4. The molecule has 1 spiro atoms. The number of ketones is 1. The van der Waals surface area contributed by atoms with Crippen molar-refractivity contribution in [3.63, 3.8) is 0 Å². The number of thiophene rings is 1. The summed E-state index contributed by atoms with van der Waals surface area (Å²) < 4.78 is 6.99. The van der Waals surface area contributed by atoms with Crippen LogP contribution in [0.5, 0.6) is 0 Å². The van der Waals surface area contributed by atoms with Crippen LogP contribution in [0.15, 0.2) is 28.1 Å². The zero-order valence-corrected chi connectivity index (χ0v) is 18.3. The highest BCUT2D eigenvalue weighted by molar-refractivity contribution is 7.10. The van der Waals surface area contributed by atoms with Gasteiger partial charge in [-0.2, -0.15) is 0 Å². The third-order valence-corrected chi connectivity index (χ3v) is 7.20. The molecule has 0 aromatic carbocycles. The number of hydrogen-bond acceptors (Lipinski definition) is 6. The average Bonchev–Trinajstić information content (AvgIpc) is 3.48. The normalized spacial score (nSPS) is 20.4. The summed E-state index contributed by atoms with van der Waals surface area (Å²) in [7, 11) is 0. The molecule has 5 rings (SSSR count). The number of carbonyl (C=O) groups excluding carboxylic acids is 3. The van der Waals surface area contributed by atoms with E-state index < -0.39 is 11.6 Å². The first-order valence-electron chi connectivity index (χ1n) is 10.2. The Morgan fingerprint density at radius 3 is 2.84 bits per heavy atom. The standard InChI is InChI=1S/C22H22N4O4S/c1-12-9-15(14(3)26(12)19-10-13(2)30-24-19)17(27)11-25-20(28)22(23-21(25)29)7-4-5-18-16(22)6-8-31-18/h6,8-10H,4-5,7,11H2,1-3H3,(H,23,29)/t22-/m1/s1. The van der Waals surface area contributed by atoms with Crippen molar-refractivity contribution >= 4 is 29.1 Å². The van der Waals surface area contributed by atoms with Crippen molar-refractivity contribution in [3.8, 4) is 5.82 Å². The molecule has 0 unspecified atom stereocenters. The van der Waals surface area contributed by atoms with Gasteiger partial charge >= 0.3 is 6.03 Å². The lowest BCUT2D eigenvalue weighted by molar-refractivity contribution is -0.131. The van der Waals surface area contributed by atoms with E-state index in [0.717, 1.165) is 33.9 Å².